The molecule has 0 saturated carbocycles. The SMILES string of the molecule is CCC(C)N1CC(C)Oc2cnc(C(C)C)cc21. The van der Waals surface area contributed by atoms with E-state index < -0.39 is 0 Å². The molecule has 2 unspecified atom stereocenters. The smallest absolute Gasteiger partial charge is 0.161 e. The third-order valence-electron chi connectivity index (χ3n) is 3.67. The zero-order valence-electron chi connectivity index (χ0n) is 12.1. The van der Waals surface area contributed by atoms with Gasteiger partial charge in [0.2, 0.25) is 0 Å². The van der Waals surface area contributed by atoms with Crippen molar-refractivity contribution < 1.29 is 4.74 Å². The van der Waals surface area contributed by atoms with E-state index >= 15 is 0 Å². The van der Waals surface area contributed by atoms with Crippen molar-refractivity contribution in [3.63, 3.8) is 0 Å². The highest BCUT2D eigenvalue weighted by molar-refractivity contribution is 5.60. The molecule has 18 heavy (non-hydrogen) atoms. The molecule has 0 N–H and O–H groups in total. The maximum atomic E-state index is 5.89. The molecular formula is C15H24N2O. The van der Waals surface area contributed by atoms with Crippen LogP contribution in [-0.2, 0) is 0 Å². The van der Waals surface area contributed by atoms with E-state index in [1.807, 2.05) is 6.20 Å². The van der Waals surface area contributed by atoms with E-state index in [0.717, 1.165) is 24.4 Å². The number of hydrogen-bond donors (Lipinski definition) is 0. The third-order valence-corrected chi connectivity index (χ3v) is 3.67. The molecule has 1 aliphatic rings. The van der Waals surface area contributed by atoms with Gasteiger partial charge in [-0.15, -0.1) is 0 Å². The summed E-state index contributed by atoms with van der Waals surface area (Å²) in [7, 11) is 0. The van der Waals surface area contributed by atoms with Crippen LogP contribution in [0.25, 0.3) is 0 Å². The van der Waals surface area contributed by atoms with Gasteiger partial charge in [-0.3, -0.25) is 4.98 Å². The Bertz CT molecular complexity index is 417. The lowest BCUT2D eigenvalue weighted by Crippen LogP contribution is -2.43. The monoisotopic (exact) mass is 248 g/mol. The Hall–Kier alpha value is -1.25. The minimum Gasteiger partial charge on any atom is -0.485 e. The molecule has 0 saturated heterocycles. The predicted molar refractivity (Wildman–Crippen MR) is 75.5 cm³/mol. The van der Waals surface area contributed by atoms with E-state index in [1.54, 1.807) is 0 Å². The third kappa shape index (κ3) is 2.45. The van der Waals surface area contributed by atoms with Crippen LogP contribution in [0.3, 0.4) is 0 Å². The fourth-order valence-electron chi connectivity index (χ4n) is 2.35. The summed E-state index contributed by atoms with van der Waals surface area (Å²) in [6.45, 7) is 11.9. The number of rotatable bonds is 3. The van der Waals surface area contributed by atoms with Crippen LogP contribution in [0, 0.1) is 0 Å². The molecule has 0 fully saturated rings. The first-order chi connectivity index (χ1) is 8.52. The molecule has 2 heterocycles. The summed E-state index contributed by atoms with van der Waals surface area (Å²) in [5.41, 5.74) is 2.35. The summed E-state index contributed by atoms with van der Waals surface area (Å²) in [6.07, 6.45) is 3.26. The molecule has 0 spiro atoms. The highest BCUT2D eigenvalue weighted by Gasteiger charge is 2.26. The second-order valence-corrected chi connectivity index (χ2v) is 5.57. The molecular weight excluding hydrogens is 224 g/mol. The van der Waals surface area contributed by atoms with E-state index in [9.17, 15) is 0 Å². The van der Waals surface area contributed by atoms with Gasteiger partial charge in [-0.05, 0) is 32.3 Å². The highest BCUT2D eigenvalue weighted by atomic mass is 16.5. The quantitative estimate of drug-likeness (QED) is 0.817. The van der Waals surface area contributed by atoms with Crippen molar-refractivity contribution in [3.05, 3.63) is 18.0 Å². The summed E-state index contributed by atoms with van der Waals surface area (Å²) < 4.78 is 5.89. The summed E-state index contributed by atoms with van der Waals surface area (Å²) >= 11 is 0. The lowest BCUT2D eigenvalue weighted by molar-refractivity contribution is 0.207. The Morgan fingerprint density at radius 2 is 2.17 bits per heavy atom. The van der Waals surface area contributed by atoms with Crippen molar-refractivity contribution in [2.24, 2.45) is 0 Å². The lowest BCUT2D eigenvalue weighted by Gasteiger charge is -2.38. The number of pyridine rings is 1. The molecule has 3 heteroatoms. The van der Waals surface area contributed by atoms with Crippen LogP contribution >= 0.6 is 0 Å². The predicted octanol–water partition coefficient (Wildman–Crippen LogP) is 3.59. The van der Waals surface area contributed by atoms with Gasteiger partial charge in [0.05, 0.1) is 18.4 Å². The summed E-state index contributed by atoms with van der Waals surface area (Å²) in [5.74, 6) is 1.38. The molecule has 0 aliphatic carbocycles. The number of ether oxygens (including phenoxy) is 1. The first-order valence-electron chi connectivity index (χ1n) is 6.96. The first kappa shape index (κ1) is 13.2. The Morgan fingerprint density at radius 1 is 1.44 bits per heavy atom. The molecule has 1 aromatic rings. The number of anilines is 1. The number of nitrogens with zero attached hydrogens (tertiary/aromatic N) is 2. The maximum Gasteiger partial charge on any atom is 0.161 e. The van der Waals surface area contributed by atoms with Crippen molar-refractivity contribution >= 4 is 5.69 Å². The fraction of sp³-hybridized carbons (Fsp3) is 0.667. The second-order valence-electron chi connectivity index (χ2n) is 5.57. The van der Waals surface area contributed by atoms with Crippen LogP contribution in [0.1, 0.15) is 52.7 Å². The largest absolute Gasteiger partial charge is 0.485 e. The minimum absolute atomic E-state index is 0.234. The van der Waals surface area contributed by atoms with Gasteiger partial charge in [0.25, 0.3) is 0 Å². The topological polar surface area (TPSA) is 25.4 Å². The average Bonchev–Trinajstić information content (AvgIpc) is 2.36. The van der Waals surface area contributed by atoms with Crippen LogP contribution in [0.4, 0.5) is 5.69 Å². The van der Waals surface area contributed by atoms with Gasteiger partial charge in [-0.1, -0.05) is 20.8 Å². The van der Waals surface area contributed by atoms with Crippen LogP contribution in [0.5, 0.6) is 5.75 Å². The Kier molecular flexibility index (Phi) is 3.79. The van der Waals surface area contributed by atoms with Gasteiger partial charge >= 0.3 is 0 Å². The zero-order valence-corrected chi connectivity index (χ0v) is 12.1. The molecule has 0 bridgehead atoms. The molecule has 0 amide bonds. The zero-order chi connectivity index (χ0) is 13.3. The average molecular weight is 248 g/mol. The van der Waals surface area contributed by atoms with Crippen LogP contribution in [-0.4, -0.2) is 23.7 Å². The molecule has 0 radical (unpaired) electrons. The second kappa shape index (κ2) is 5.17. The van der Waals surface area contributed by atoms with Crippen molar-refractivity contribution in [1.29, 1.82) is 0 Å². The van der Waals surface area contributed by atoms with Crippen LogP contribution in [0.15, 0.2) is 12.3 Å². The fourth-order valence-corrected chi connectivity index (χ4v) is 2.35. The molecule has 0 aromatic carbocycles. The van der Waals surface area contributed by atoms with Crippen LogP contribution < -0.4 is 9.64 Å². The van der Waals surface area contributed by atoms with Gasteiger partial charge in [0.1, 0.15) is 6.10 Å². The molecule has 1 aromatic heterocycles. The van der Waals surface area contributed by atoms with E-state index in [-0.39, 0.29) is 6.10 Å². The van der Waals surface area contributed by atoms with E-state index in [2.05, 4.69) is 50.6 Å². The van der Waals surface area contributed by atoms with Crippen molar-refractivity contribution in [1.82, 2.24) is 4.98 Å². The first-order valence-corrected chi connectivity index (χ1v) is 6.96. The van der Waals surface area contributed by atoms with E-state index in [1.165, 1.54) is 5.69 Å². The number of aromatic nitrogens is 1. The molecule has 2 rings (SSSR count). The molecule has 1 aliphatic heterocycles. The van der Waals surface area contributed by atoms with Crippen LogP contribution in [0.2, 0.25) is 0 Å². The van der Waals surface area contributed by atoms with Crippen molar-refractivity contribution in [2.45, 2.75) is 59.1 Å². The van der Waals surface area contributed by atoms with Gasteiger partial charge in [-0.25, -0.2) is 0 Å². The molecule has 3 nitrogen and oxygen atoms in total. The Labute approximate surface area is 110 Å². The summed E-state index contributed by atoms with van der Waals surface area (Å²) in [5, 5.41) is 0. The summed E-state index contributed by atoms with van der Waals surface area (Å²) in [6, 6.07) is 2.73. The lowest BCUT2D eigenvalue weighted by atomic mass is 10.1. The molecule has 2 atom stereocenters. The van der Waals surface area contributed by atoms with Crippen molar-refractivity contribution in [2.75, 3.05) is 11.4 Å². The van der Waals surface area contributed by atoms with Gasteiger partial charge in [-0.2, -0.15) is 0 Å². The van der Waals surface area contributed by atoms with Crippen molar-refractivity contribution in [3.8, 4) is 5.75 Å². The van der Waals surface area contributed by atoms with E-state index in [4.69, 9.17) is 4.74 Å². The normalized spacial score (nSPS) is 20.6. The standard InChI is InChI=1S/C15H24N2O/c1-6-11(4)17-9-12(5)18-15-8-16-13(10(2)3)7-14(15)17/h7-8,10-12H,6,9H2,1-5H3. The highest BCUT2D eigenvalue weighted by Crippen LogP contribution is 2.36. The number of hydrogen-bond acceptors (Lipinski definition) is 3. The maximum absolute atomic E-state index is 5.89. The van der Waals surface area contributed by atoms with E-state index in [0.29, 0.717) is 12.0 Å². The minimum atomic E-state index is 0.234. The van der Waals surface area contributed by atoms with Gasteiger partial charge in [0, 0.05) is 11.7 Å². The Morgan fingerprint density at radius 3 is 2.78 bits per heavy atom. The molecule has 100 valence electrons. The summed E-state index contributed by atoms with van der Waals surface area (Å²) in [4.78, 5) is 6.95. The van der Waals surface area contributed by atoms with Gasteiger partial charge in [0.15, 0.2) is 5.75 Å². The van der Waals surface area contributed by atoms with Gasteiger partial charge < -0.3 is 9.64 Å². The number of fused-ring (bicyclic) bond motifs is 1. The Balaban J connectivity index is 2.40.